The van der Waals surface area contributed by atoms with Crippen LogP contribution in [0.15, 0.2) is 42.6 Å². The summed E-state index contributed by atoms with van der Waals surface area (Å²) in [4.78, 5) is 16.2. The van der Waals surface area contributed by atoms with Gasteiger partial charge in [0.2, 0.25) is 0 Å². The van der Waals surface area contributed by atoms with Crippen molar-refractivity contribution in [1.29, 1.82) is 5.26 Å². The number of Topliss-reactive ketones (excluding diaryl/α,β-unsaturated/α-hetero) is 1. The quantitative estimate of drug-likeness (QED) is 0.830. The van der Waals surface area contributed by atoms with Crippen molar-refractivity contribution >= 4 is 29.0 Å². The molecule has 0 saturated carbocycles. The zero-order valence-corrected chi connectivity index (χ0v) is 12.6. The van der Waals surface area contributed by atoms with Crippen molar-refractivity contribution in [3.8, 4) is 6.07 Å². The van der Waals surface area contributed by atoms with Crippen molar-refractivity contribution in [2.24, 2.45) is 0 Å². The molecule has 0 aliphatic heterocycles. The molecule has 3 nitrogen and oxygen atoms in total. The smallest absolute Gasteiger partial charge is 0.156 e. The summed E-state index contributed by atoms with van der Waals surface area (Å²) in [6, 6.07) is 12.5. The Morgan fingerprint density at radius 2 is 2.05 bits per heavy atom. The van der Waals surface area contributed by atoms with Gasteiger partial charge in [-0.2, -0.15) is 5.26 Å². The number of hydrogen-bond donors (Lipinski definition) is 0. The SMILES string of the molecule is N#C[C@@H](C(=O)CCc1ccc(Cl)c(Cl)c1)c1ccccn1. The maximum Gasteiger partial charge on any atom is 0.156 e. The molecule has 0 N–H and O–H groups in total. The van der Waals surface area contributed by atoms with Crippen LogP contribution in [0.3, 0.4) is 0 Å². The monoisotopic (exact) mass is 318 g/mol. The minimum atomic E-state index is -0.825. The first-order valence-electron chi connectivity index (χ1n) is 6.39. The molecule has 21 heavy (non-hydrogen) atoms. The fraction of sp³-hybridized carbons (Fsp3) is 0.188. The first kappa shape index (κ1) is 15.5. The van der Waals surface area contributed by atoms with Gasteiger partial charge in [0.05, 0.1) is 21.8 Å². The van der Waals surface area contributed by atoms with Gasteiger partial charge in [-0.25, -0.2) is 0 Å². The van der Waals surface area contributed by atoms with Crippen LogP contribution in [0.2, 0.25) is 10.0 Å². The van der Waals surface area contributed by atoms with E-state index in [1.54, 1.807) is 36.5 Å². The van der Waals surface area contributed by atoms with E-state index in [2.05, 4.69) is 4.98 Å². The molecule has 2 rings (SSSR count). The average molecular weight is 319 g/mol. The highest BCUT2D eigenvalue weighted by atomic mass is 35.5. The van der Waals surface area contributed by atoms with Gasteiger partial charge in [0.15, 0.2) is 5.78 Å². The standard InChI is InChI=1S/C16H12Cl2N2O/c17-13-6-4-11(9-14(13)18)5-7-16(21)12(10-19)15-3-1-2-8-20-15/h1-4,6,8-9,12H,5,7H2/t12-/m1/s1. The van der Waals surface area contributed by atoms with E-state index in [-0.39, 0.29) is 12.2 Å². The van der Waals surface area contributed by atoms with E-state index in [4.69, 9.17) is 23.2 Å². The Kier molecular flexibility index (Phi) is 5.32. The van der Waals surface area contributed by atoms with Gasteiger partial charge in [-0.1, -0.05) is 35.3 Å². The lowest BCUT2D eigenvalue weighted by Gasteiger charge is -2.08. The van der Waals surface area contributed by atoms with Crippen molar-refractivity contribution in [2.45, 2.75) is 18.8 Å². The molecule has 1 heterocycles. The van der Waals surface area contributed by atoms with Crippen LogP contribution in [0.5, 0.6) is 0 Å². The van der Waals surface area contributed by atoms with Crippen molar-refractivity contribution in [3.05, 3.63) is 63.9 Å². The Hall–Kier alpha value is -1.89. The van der Waals surface area contributed by atoms with Crippen LogP contribution in [-0.2, 0) is 11.2 Å². The van der Waals surface area contributed by atoms with E-state index in [9.17, 15) is 10.1 Å². The minimum Gasteiger partial charge on any atom is -0.298 e. The zero-order valence-electron chi connectivity index (χ0n) is 11.1. The van der Waals surface area contributed by atoms with Crippen LogP contribution in [0.25, 0.3) is 0 Å². The number of rotatable bonds is 5. The molecule has 0 unspecified atom stereocenters. The molecule has 0 aliphatic rings. The molecule has 106 valence electrons. The van der Waals surface area contributed by atoms with Crippen LogP contribution in [0.4, 0.5) is 0 Å². The van der Waals surface area contributed by atoms with E-state index in [0.29, 0.717) is 22.2 Å². The second kappa shape index (κ2) is 7.21. The summed E-state index contributed by atoms with van der Waals surface area (Å²) in [6.45, 7) is 0. The molecule has 0 bridgehead atoms. The van der Waals surface area contributed by atoms with Gasteiger partial charge in [-0.05, 0) is 36.2 Å². The largest absolute Gasteiger partial charge is 0.298 e. The number of halogens is 2. The van der Waals surface area contributed by atoms with Gasteiger partial charge < -0.3 is 0 Å². The lowest BCUT2D eigenvalue weighted by molar-refractivity contribution is -0.119. The van der Waals surface area contributed by atoms with Crippen molar-refractivity contribution in [1.82, 2.24) is 4.98 Å². The first-order valence-corrected chi connectivity index (χ1v) is 7.14. The minimum absolute atomic E-state index is 0.151. The summed E-state index contributed by atoms with van der Waals surface area (Å²) in [7, 11) is 0. The van der Waals surface area contributed by atoms with Crippen LogP contribution in [-0.4, -0.2) is 10.8 Å². The Balaban J connectivity index is 2.04. The average Bonchev–Trinajstić information content (AvgIpc) is 2.50. The lowest BCUT2D eigenvalue weighted by atomic mass is 9.96. The van der Waals surface area contributed by atoms with E-state index < -0.39 is 5.92 Å². The molecule has 0 fully saturated rings. The van der Waals surface area contributed by atoms with Crippen LogP contribution in [0.1, 0.15) is 23.6 Å². The van der Waals surface area contributed by atoms with Gasteiger partial charge in [0.1, 0.15) is 5.92 Å². The maximum atomic E-state index is 12.2. The highest BCUT2D eigenvalue weighted by molar-refractivity contribution is 6.42. The summed E-state index contributed by atoms with van der Waals surface area (Å²) in [5.74, 6) is -0.976. The second-order valence-electron chi connectivity index (χ2n) is 4.53. The van der Waals surface area contributed by atoms with Gasteiger partial charge in [-0.3, -0.25) is 9.78 Å². The number of nitrogens with zero attached hydrogens (tertiary/aromatic N) is 2. The van der Waals surface area contributed by atoms with Crippen LogP contribution < -0.4 is 0 Å². The normalized spacial score (nSPS) is 11.7. The third-order valence-corrected chi connectivity index (χ3v) is 3.82. The second-order valence-corrected chi connectivity index (χ2v) is 5.35. The summed E-state index contributed by atoms with van der Waals surface area (Å²) in [5, 5.41) is 10.1. The number of aromatic nitrogens is 1. The number of pyridine rings is 1. The number of carbonyl (C=O) groups is 1. The molecule has 0 radical (unpaired) electrons. The Morgan fingerprint density at radius 1 is 1.24 bits per heavy atom. The third-order valence-electron chi connectivity index (χ3n) is 3.08. The van der Waals surface area contributed by atoms with Crippen molar-refractivity contribution in [2.75, 3.05) is 0 Å². The van der Waals surface area contributed by atoms with Crippen molar-refractivity contribution in [3.63, 3.8) is 0 Å². The molecule has 2 aromatic rings. The molecule has 0 amide bonds. The number of ketones is 1. The lowest BCUT2D eigenvalue weighted by Crippen LogP contribution is -2.13. The molecule has 0 spiro atoms. The molecular formula is C16H12Cl2N2O. The van der Waals surface area contributed by atoms with E-state index in [0.717, 1.165) is 5.56 Å². The van der Waals surface area contributed by atoms with Gasteiger partial charge >= 0.3 is 0 Å². The molecule has 1 aromatic heterocycles. The summed E-state index contributed by atoms with van der Waals surface area (Å²) < 4.78 is 0. The number of carbonyl (C=O) groups excluding carboxylic acids is 1. The zero-order chi connectivity index (χ0) is 15.2. The van der Waals surface area contributed by atoms with Gasteiger partial charge in [0.25, 0.3) is 0 Å². The molecule has 0 aliphatic carbocycles. The number of aryl methyl sites for hydroxylation is 1. The summed E-state index contributed by atoms with van der Waals surface area (Å²) in [5.41, 5.74) is 1.40. The first-order chi connectivity index (χ1) is 10.1. The van der Waals surface area contributed by atoms with Gasteiger partial charge in [-0.15, -0.1) is 0 Å². The number of nitriles is 1. The topological polar surface area (TPSA) is 53.8 Å². The van der Waals surface area contributed by atoms with E-state index in [1.807, 2.05) is 12.1 Å². The fourth-order valence-electron chi connectivity index (χ4n) is 1.96. The highest BCUT2D eigenvalue weighted by Crippen LogP contribution is 2.24. The molecule has 1 atom stereocenters. The Bertz CT molecular complexity index is 680. The maximum absolute atomic E-state index is 12.2. The molecule has 1 aromatic carbocycles. The predicted octanol–water partition coefficient (Wildman–Crippen LogP) is 4.20. The molecular weight excluding hydrogens is 307 g/mol. The van der Waals surface area contributed by atoms with E-state index in [1.165, 1.54) is 0 Å². The van der Waals surface area contributed by atoms with Gasteiger partial charge in [0, 0.05) is 12.6 Å². The third kappa shape index (κ3) is 4.04. The van der Waals surface area contributed by atoms with Crippen molar-refractivity contribution < 1.29 is 4.79 Å². The summed E-state index contributed by atoms with van der Waals surface area (Å²) >= 11 is 11.8. The summed E-state index contributed by atoms with van der Waals surface area (Å²) in [6.07, 6.45) is 2.35. The molecule has 5 heteroatoms. The Morgan fingerprint density at radius 3 is 2.67 bits per heavy atom. The van der Waals surface area contributed by atoms with Crippen LogP contribution in [0, 0.1) is 11.3 Å². The van der Waals surface area contributed by atoms with Crippen LogP contribution >= 0.6 is 23.2 Å². The fourth-order valence-corrected chi connectivity index (χ4v) is 2.28. The predicted molar refractivity (Wildman–Crippen MR) is 82.4 cm³/mol. The Labute approximate surface area is 133 Å². The van der Waals surface area contributed by atoms with E-state index >= 15 is 0 Å². The number of hydrogen-bond acceptors (Lipinski definition) is 3. The number of benzene rings is 1. The molecule has 0 saturated heterocycles. The highest BCUT2D eigenvalue weighted by Gasteiger charge is 2.20.